The number of hydrogen-bond acceptors (Lipinski definition) is 2. The summed E-state index contributed by atoms with van der Waals surface area (Å²) in [5.41, 5.74) is 1.16. The van der Waals surface area contributed by atoms with Gasteiger partial charge in [-0.05, 0) is 52.7 Å². The summed E-state index contributed by atoms with van der Waals surface area (Å²) in [6.45, 7) is 6.21. The maximum Gasteiger partial charge on any atom is 0.141 e. The van der Waals surface area contributed by atoms with Crippen molar-refractivity contribution in [3.05, 3.63) is 57.0 Å². The molecular formula is C17H19Br2NO. The monoisotopic (exact) mass is 411 g/mol. The van der Waals surface area contributed by atoms with Gasteiger partial charge >= 0.3 is 0 Å². The summed E-state index contributed by atoms with van der Waals surface area (Å²) in [5, 5.41) is 3.45. The van der Waals surface area contributed by atoms with Crippen LogP contribution in [-0.4, -0.2) is 6.54 Å². The van der Waals surface area contributed by atoms with Gasteiger partial charge in [-0.15, -0.1) is 0 Å². The van der Waals surface area contributed by atoms with Crippen LogP contribution in [0.5, 0.6) is 11.5 Å². The van der Waals surface area contributed by atoms with Crippen molar-refractivity contribution in [1.82, 2.24) is 5.32 Å². The normalized spacial score (nSPS) is 10.9. The van der Waals surface area contributed by atoms with Crippen LogP contribution in [0.2, 0.25) is 0 Å². The van der Waals surface area contributed by atoms with E-state index in [0.29, 0.717) is 5.92 Å². The first-order chi connectivity index (χ1) is 10.1. The van der Waals surface area contributed by atoms with Crippen LogP contribution < -0.4 is 10.1 Å². The lowest BCUT2D eigenvalue weighted by molar-refractivity contribution is 0.466. The highest BCUT2D eigenvalue weighted by molar-refractivity contribution is 9.11. The molecule has 2 aromatic rings. The molecule has 0 spiro atoms. The molecule has 0 bridgehead atoms. The van der Waals surface area contributed by atoms with E-state index < -0.39 is 0 Å². The molecule has 0 heterocycles. The first-order valence-corrected chi connectivity index (χ1v) is 8.56. The Morgan fingerprint density at radius 2 is 1.81 bits per heavy atom. The molecule has 0 aromatic heterocycles. The van der Waals surface area contributed by atoms with Crippen molar-refractivity contribution in [2.75, 3.05) is 6.54 Å². The fourth-order valence-corrected chi connectivity index (χ4v) is 3.05. The summed E-state index contributed by atoms with van der Waals surface area (Å²) >= 11 is 6.98. The predicted molar refractivity (Wildman–Crippen MR) is 94.9 cm³/mol. The predicted octanol–water partition coefficient (Wildman–Crippen LogP) is 5.75. The van der Waals surface area contributed by atoms with Gasteiger partial charge in [-0.1, -0.05) is 48.0 Å². The van der Waals surface area contributed by atoms with Gasteiger partial charge in [-0.3, -0.25) is 0 Å². The SMILES string of the molecule is CC(C)CNCc1ccccc1Oc1ccc(Br)cc1Br. The van der Waals surface area contributed by atoms with Crippen molar-refractivity contribution in [3.8, 4) is 11.5 Å². The molecule has 0 atom stereocenters. The molecule has 0 amide bonds. The first kappa shape index (κ1) is 16.5. The van der Waals surface area contributed by atoms with Gasteiger partial charge in [0.05, 0.1) is 4.47 Å². The molecule has 0 saturated heterocycles. The fraction of sp³-hybridized carbons (Fsp3) is 0.294. The molecule has 0 unspecified atom stereocenters. The summed E-state index contributed by atoms with van der Waals surface area (Å²) in [7, 11) is 0. The Balaban J connectivity index is 2.12. The molecule has 0 radical (unpaired) electrons. The summed E-state index contributed by atoms with van der Waals surface area (Å²) in [4.78, 5) is 0. The molecule has 0 fully saturated rings. The van der Waals surface area contributed by atoms with Crippen molar-refractivity contribution >= 4 is 31.9 Å². The van der Waals surface area contributed by atoms with Crippen LogP contribution in [0.3, 0.4) is 0 Å². The average molecular weight is 413 g/mol. The second kappa shape index (κ2) is 7.97. The zero-order chi connectivity index (χ0) is 15.2. The van der Waals surface area contributed by atoms with Crippen LogP contribution in [0.15, 0.2) is 51.4 Å². The Morgan fingerprint density at radius 1 is 1.05 bits per heavy atom. The van der Waals surface area contributed by atoms with Crippen LogP contribution in [-0.2, 0) is 6.54 Å². The van der Waals surface area contributed by atoms with Gasteiger partial charge in [0.15, 0.2) is 0 Å². The largest absolute Gasteiger partial charge is 0.456 e. The Bertz CT molecular complexity index is 599. The van der Waals surface area contributed by atoms with E-state index in [1.165, 1.54) is 0 Å². The smallest absolute Gasteiger partial charge is 0.141 e. The van der Waals surface area contributed by atoms with Crippen LogP contribution in [0.1, 0.15) is 19.4 Å². The fourth-order valence-electron chi connectivity index (χ4n) is 1.92. The Morgan fingerprint density at radius 3 is 2.52 bits per heavy atom. The second-order valence-corrected chi connectivity index (χ2v) is 7.08. The van der Waals surface area contributed by atoms with Crippen LogP contribution in [0.4, 0.5) is 0 Å². The lowest BCUT2D eigenvalue weighted by Crippen LogP contribution is -2.19. The van der Waals surface area contributed by atoms with Crippen molar-refractivity contribution in [3.63, 3.8) is 0 Å². The minimum Gasteiger partial charge on any atom is -0.456 e. The quantitative estimate of drug-likeness (QED) is 0.652. The van der Waals surface area contributed by atoms with E-state index >= 15 is 0 Å². The topological polar surface area (TPSA) is 21.3 Å². The Labute approximate surface area is 143 Å². The first-order valence-electron chi connectivity index (χ1n) is 6.98. The third-order valence-corrected chi connectivity index (χ3v) is 4.07. The van der Waals surface area contributed by atoms with Crippen molar-refractivity contribution in [1.29, 1.82) is 0 Å². The van der Waals surface area contributed by atoms with Crippen molar-refractivity contribution < 1.29 is 4.74 Å². The average Bonchev–Trinajstić information content (AvgIpc) is 2.43. The van der Waals surface area contributed by atoms with E-state index in [0.717, 1.165) is 39.1 Å². The number of rotatable bonds is 6. The molecule has 0 aliphatic heterocycles. The highest BCUT2D eigenvalue weighted by Gasteiger charge is 2.07. The van der Waals surface area contributed by atoms with Crippen LogP contribution >= 0.6 is 31.9 Å². The molecule has 21 heavy (non-hydrogen) atoms. The minimum atomic E-state index is 0.638. The lowest BCUT2D eigenvalue weighted by atomic mass is 10.2. The van der Waals surface area contributed by atoms with Gasteiger partial charge in [0, 0.05) is 16.6 Å². The summed E-state index contributed by atoms with van der Waals surface area (Å²) in [6, 6.07) is 14.0. The molecule has 112 valence electrons. The second-order valence-electron chi connectivity index (χ2n) is 5.31. The summed E-state index contributed by atoms with van der Waals surface area (Å²) < 4.78 is 8.00. The number of benzene rings is 2. The number of hydrogen-bond donors (Lipinski definition) is 1. The van der Waals surface area contributed by atoms with E-state index in [4.69, 9.17) is 4.74 Å². The van der Waals surface area contributed by atoms with Gasteiger partial charge in [0.25, 0.3) is 0 Å². The molecule has 0 saturated carbocycles. The molecular weight excluding hydrogens is 394 g/mol. The Kier molecular flexibility index (Phi) is 6.27. The lowest BCUT2D eigenvalue weighted by Gasteiger charge is -2.14. The molecule has 1 N–H and O–H groups in total. The number of para-hydroxylation sites is 1. The van der Waals surface area contributed by atoms with Gasteiger partial charge in [-0.2, -0.15) is 0 Å². The molecule has 2 rings (SSSR count). The van der Waals surface area contributed by atoms with E-state index in [9.17, 15) is 0 Å². The van der Waals surface area contributed by atoms with Gasteiger partial charge in [0.1, 0.15) is 11.5 Å². The van der Waals surface area contributed by atoms with E-state index in [2.05, 4.69) is 57.1 Å². The zero-order valence-electron chi connectivity index (χ0n) is 12.2. The Hall–Kier alpha value is -0.840. The standard InChI is InChI=1S/C17H19Br2NO/c1-12(2)10-20-11-13-5-3-4-6-16(13)21-17-8-7-14(18)9-15(17)19/h3-9,12,20H,10-11H2,1-2H3. The number of nitrogens with one attached hydrogen (secondary N) is 1. The van der Waals surface area contributed by atoms with Crippen LogP contribution in [0, 0.1) is 5.92 Å². The van der Waals surface area contributed by atoms with Gasteiger partial charge in [-0.25, -0.2) is 0 Å². The molecule has 2 nitrogen and oxygen atoms in total. The summed E-state index contributed by atoms with van der Waals surface area (Å²) in [6.07, 6.45) is 0. The minimum absolute atomic E-state index is 0.638. The van der Waals surface area contributed by atoms with Crippen molar-refractivity contribution in [2.45, 2.75) is 20.4 Å². The number of halogens is 2. The van der Waals surface area contributed by atoms with Crippen LogP contribution in [0.25, 0.3) is 0 Å². The third kappa shape index (κ3) is 5.13. The van der Waals surface area contributed by atoms with E-state index in [1.54, 1.807) is 0 Å². The highest BCUT2D eigenvalue weighted by Crippen LogP contribution is 2.33. The molecule has 0 aliphatic rings. The highest BCUT2D eigenvalue weighted by atomic mass is 79.9. The molecule has 4 heteroatoms. The maximum absolute atomic E-state index is 6.05. The summed E-state index contributed by atoms with van der Waals surface area (Å²) in [5.74, 6) is 2.34. The van der Waals surface area contributed by atoms with Gasteiger partial charge in [0.2, 0.25) is 0 Å². The maximum atomic E-state index is 6.05. The molecule has 0 aliphatic carbocycles. The zero-order valence-corrected chi connectivity index (χ0v) is 15.4. The van der Waals surface area contributed by atoms with E-state index in [1.807, 2.05) is 36.4 Å². The van der Waals surface area contributed by atoms with E-state index in [-0.39, 0.29) is 0 Å². The van der Waals surface area contributed by atoms with Crippen molar-refractivity contribution in [2.24, 2.45) is 5.92 Å². The molecule has 2 aromatic carbocycles. The third-order valence-electron chi connectivity index (χ3n) is 2.95. The number of ether oxygens (including phenoxy) is 1. The van der Waals surface area contributed by atoms with Gasteiger partial charge < -0.3 is 10.1 Å².